The fourth-order valence-corrected chi connectivity index (χ4v) is 10.4. The average Bonchev–Trinajstić information content (AvgIpc) is 4.05. The van der Waals surface area contributed by atoms with E-state index in [0.29, 0.717) is 29.9 Å². The van der Waals surface area contributed by atoms with Gasteiger partial charge in [-0.05, 0) is 90.1 Å². The lowest BCUT2D eigenvalue weighted by atomic mass is 9.87. The summed E-state index contributed by atoms with van der Waals surface area (Å²) < 4.78 is 61.5. The largest absolute Gasteiger partial charge is 0.477 e. The number of aromatic nitrogens is 4. The summed E-state index contributed by atoms with van der Waals surface area (Å²) in [7, 11) is 0. The fourth-order valence-electron chi connectivity index (χ4n) is 9.13. The molecular weight excluding hydrogens is 1080 g/mol. The topological polar surface area (TPSA) is 240 Å². The first-order valence-electron chi connectivity index (χ1n) is 29.8. The maximum Gasteiger partial charge on any atom is 0.316 e. The summed E-state index contributed by atoms with van der Waals surface area (Å²) in [5, 5.41) is 32.7. The van der Waals surface area contributed by atoms with Gasteiger partial charge in [-0.1, -0.05) is 178 Å². The summed E-state index contributed by atoms with van der Waals surface area (Å²) in [4.78, 5) is 31.9. The number of rotatable bonds is 37. The third kappa shape index (κ3) is 22.1. The molecule has 18 nitrogen and oxygen atoms in total. The van der Waals surface area contributed by atoms with Crippen molar-refractivity contribution < 1.29 is 46.1 Å². The predicted molar refractivity (Wildman–Crippen MR) is 330 cm³/mol. The molecule has 2 heterocycles. The number of hydrogen-bond donors (Lipinski definition) is 7. The maximum atomic E-state index is 14.4. The molecule has 0 aliphatic rings. The summed E-state index contributed by atoms with van der Waals surface area (Å²) in [6.45, 7) is 22.6. The van der Waals surface area contributed by atoms with E-state index >= 15 is 0 Å². The highest BCUT2D eigenvalue weighted by Crippen LogP contribution is 2.38. The Balaban J connectivity index is 1.45. The summed E-state index contributed by atoms with van der Waals surface area (Å²) in [5.74, 6) is 0.273. The Morgan fingerprint density at radius 1 is 0.561 bits per heavy atom. The van der Waals surface area contributed by atoms with Crippen LogP contribution in [0.5, 0.6) is 23.0 Å². The number of carbonyl (C=O) groups is 2. The molecule has 0 spiro atoms. The fraction of sp³-hybridized carbons (Fsp3) is 0.613. The van der Waals surface area contributed by atoms with Gasteiger partial charge in [0.25, 0.3) is 11.8 Å². The highest BCUT2D eigenvalue weighted by atomic mass is 32.2. The number of carbonyl (C=O) groups excluding carboxylic acids is 2. The number of hydrogen-bond acceptors (Lipinski definition) is 12. The first-order valence-corrected chi connectivity index (χ1v) is 31.9. The second kappa shape index (κ2) is 33.0. The summed E-state index contributed by atoms with van der Waals surface area (Å²) in [5.41, 5.74) is 3.36. The second-order valence-electron chi connectivity index (χ2n) is 24.4. The van der Waals surface area contributed by atoms with Crippen LogP contribution in [0.4, 0.5) is 11.4 Å². The Kier molecular flexibility index (Phi) is 27.0. The van der Waals surface area contributed by atoms with Crippen molar-refractivity contribution in [1.82, 2.24) is 30.4 Å². The van der Waals surface area contributed by atoms with Crippen molar-refractivity contribution in [2.24, 2.45) is 0 Å². The minimum Gasteiger partial charge on any atom is -0.477 e. The molecule has 0 radical (unpaired) electrons. The number of anilines is 2. The number of aromatic amines is 1. The molecule has 0 aliphatic carbocycles. The van der Waals surface area contributed by atoms with Crippen molar-refractivity contribution in [3.05, 3.63) is 77.5 Å². The molecule has 0 fully saturated rings. The Hall–Kier alpha value is -5.70. The molecule has 0 saturated heterocycles. The van der Waals surface area contributed by atoms with Crippen LogP contribution in [0, 0.1) is 0 Å². The molecule has 82 heavy (non-hydrogen) atoms. The number of nitrogens with zero attached hydrogens (tertiary/aromatic N) is 3. The van der Waals surface area contributed by atoms with Crippen molar-refractivity contribution in [2.45, 2.75) is 220 Å². The zero-order chi connectivity index (χ0) is 59.9. The molecule has 2 aromatic heterocycles. The van der Waals surface area contributed by atoms with Gasteiger partial charge in [0.1, 0.15) is 0 Å². The van der Waals surface area contributed by atoms with Gasteiger partial charge in [-0.25, -0.2) is 4.98 Å². The average molecular weight is 1180 g/mol. The Morgan fingerprint density at radius 2 is 0.976 bits per heavy atom. The summed E-state index contributed by atoms with van der Waals surface area (Å²) >= 11 is -4.59. The number of aliphatic hydroxyl groups excluding tert-OH is 2. The monoisotopic (exact) mass is 1180 g/mol. The van der Waals surface area contributed by atoms with E-state index in [0.717, 1.165) is 68.2 Å². The zero-order valence-electron chi connectivity index (χ0n) is 50.8. The standard InChI is InChI=1S/C62H96N8O10S2/c1-12-14-16-18-20-22-24-26-28-51(58(73)63-34-36-71)77-49-32-30-45(60(3,4)5)40-53(49)79-81(75)68-47-38-44(57-65-56-43-55(62(9,10)11)66-70(56)67-57)39-48(42-47)69-82(76)80-54-41-46(61(6,7)8)31-33-50(54)78-52(59(74)64-35-37-72)29-27-25-23-21-19-17-15-13-2/h30-33,38-43,51-52,66,68-69,71-72H,12-29,34-37H2,1-11H3,(H,63,73)(H,64,74). The van der Waals surface area contributed by atoms with Crippen LogP contribution < -0.4 is 37.9 Å². The second-order valence-corrected chi connectivity index (χ2v) is 26.0. The Labute approximate surface area is 493 Å². The van der Waals surface area contributed by atoms with Crippen molar-refractivity contribution in [1.29, 1.82) is 0 Å². The van der Waals surface area contributed by atoms with Crippen LogP contribution in [0.3, 0.4) is 0 Å². The molecule has 3 aromatic carbocycles. The molecule has 2 amide bonds. The smallest absolute Gasteiger partial charge is 0.316 e. The van der Waals surface area contributed by atoms with Crippen LogP contribution in [-0.4, -0.2) is 88.8 Å². The van der Waals surface area contributed by atoms with Gasteiger partial charge in [0.15, 0.2) is 46.7 Å². The quantitative estimate of drug-likeness (QED) is 0.0184. The lowest BCUT2D eigenvalue weighted by Crippen LogP contribution is -2.39. The normalized spacial score (nSPS) is 13.5. The Bertz CT molecular complexity index is 2640. The molecule has 4 atom stereocenters. The van der Waals surface area contributed by atoms with Gasteiger partial charge < -0.3 is 38.7 Å². The molecule has 20 heteroatoms. The molecule has 0 saturated carbocycles. The zero-order valence-corrected chi connectivity index (χ0v) is 52.4. The number of fused-ring (bicyclic) bond motifs is 1. The highest BCUT2D eigenvalue weighted by molar-refractivity contribution is 7.82. The van der Waals surface area contributed by atoms with Crippen molar-refractivity contribution in [3.8, 4) is 34.4 Å². The van der Waals surface area contributed by atoms with Gasteiger partial charge in [-0.15, -0.1) is 5.10 Å². The Morgan fingerprint density at radius 3 is 1.35 bits per heavy atom. The minimum atomic E-state index is -2.29. The predicted octanol–water partition coefficient (Wildman–Crippen LogP) is 12.5. The molecular formula is C62H96N8O10S2. The number of benzene rings is 3. The van der Waals surface area contributed by atoms with E-state index in [1.165, 1.54) is 51.4 Å². The van der Waals surface area contributed by atoms with Crippen LogP contribution in [0.1, 0.15) is 209 Å². The summed E-state index contributed by atoms with van der Waals surface area (Å²) in [6.07, 6.45) is 16.4. The number of aliphatic hydroxyl groups is 2. The number of H-pyrrole nitrogens is 1. The molecule has 0 aliphatic heterocycles. The van der Waals surface area contributed by atoms with Gasteiger partial charge in [-0.3, -0.25) is 24.1 Å². The third-order valence-corrected chi connectivity index (χ3v) is 15.5. The van der Waals surface area contributed by atoms with Gasteiger partial charge in [0, 0.05) is 35.8 Å². The van der Waals surface area contributed by atoms with Crippen LogP contribution in [0.15, 0.2) is 60.7 Å². The van der Waals surface area contributed by atoms with Gasteiger partial charge in [-0.2, -0.15) is 13.0 Å². The van der Waals surface area contributed by atoms with Gasteiger partial charge >= 0.3 is 22.5 Å². The van der Waals surface area contributed by atoms with Crippen molar-refractivity contribution >= 4 is 51.4 Å². The SMILES string of the molecule is CCCCCCCCCCC(Oc1ccc(C(C)(C)C)cc1OS(=O)Nc1cc(NS(=O)Oc2cc(C(C)(C)C)ccc2OC(CCCCCCCCCC)C(=O)NCCO)cc(-c2nc3cc(C(C)(C)C)[nH]n3n2)c1)C(=O)NCCO. The third-order valence-electron chi connectivity index (χ3n) is 14.1. The molecule has 5 aromatic rings. The molecule has 7 N–H and O–H groups in total. The van der Waals surface area contributed by atoms with Gasteiger partial charge in [0.05, 0.1) is 24.6 Å². The van der Waals surface area contributed by atoms with E-state index in [-0.39, 0.29) is 88.7 Å². The van der Waals surface area contributed by atoms with Crippen LogP contribution in [-0.2, 0) is 48.4 Å². The highest BCUT2D eigenvalue weighted by Gasteiger charge is 2.28. The molecule has 0 bridgehead atoms. The van der Waals surface area contributed by atoms with Crippen LogP contribution in [0.2, 0.25) is 0 Å². The van der Waals surface area contributed by atoms with Crippen molar-refractivity contribution in [2.75, 3.05) is 35.7 Å². The lowest BCUT2D eigenvalue weighted by molar-refractivity contribution is -0.129. The molecule has 5 rings (SSSR count). The van der Waals surface area contributed by atoms with E-state index in [1.54, 1.807) is 47.1 Å². The van der Waals surface area contributed by atoms with Gasteiger partial charge in [0.2, 0.25) is 0 Å². The first kappa shape index (κ1) is 67.1. The minimum absolute atomic E-state index is 0.0702. The number of nitrogens with one attached hydrogen (secondary N) is 5. The summed E-state index contributed by atoms with van der Waals surface area (Å²) in [6, 6.07) is 17.6. The van der Waals surface area contributed by atoms with Crippen LogP contribution >= 0.6 is 0 Å². The van der Waals surface area contributed by atoms with E-state index < -0.39 is 34.7 Å². The van der Waals surface area contributed by atoms with Crippen LogP contribution in [0.25, 0.3) is 17.0 Å². The number of unbranched alkanes of at least 4 members (excludes halogenated alkanes) is 14. The molecule has 4 unspecified atom stereocenters. The van der Waals surface area contributed by atoms with E-state index in [9.17, 15) is 28.2 Å². The van der Waals surface area contributed by atoms with E-state index in [4.69, 9.17) is 27.9 Å². The maximum absolute atomic E-state index is 14.4. The first-order chi connectivity index (χ1) is 39.0. The van der Waals surface area contributed by atoms with Crippen molar-refractivity contribution in [3.63, 3.8) is 0 Å². The van der Waals surface area contributed by atoms with E-state index in [1.807, 2.05) is 59.7 Å². The molecule has 456 valence electrons. The lowest BCUT2D eigenvalue weighted by Gasteiger charge is -2.24. The van der Waals surface area contributed by atoms with E-state index in [2.05, 4.69) is 59.8 Å². The number of amides is 2. The number of ether oxygens (including phenoxy) is 2.